The quantitative estimate of drug-likeness (QED) is 0.780. The van der Waals surface area contributed by atoms with E-state index in [1.165, 1.54) is 43.4 Å². The second kappa shape index (κ2) is 5.21. The van der Waals surface area contributed by atoms with Gasteiger partial charge in [-0.3, -0.25) is 9.69 Å². The van der Waals surface area contributed by atoms with E-state index in [4.69, 9.17) is 0 Å². The number of rotatable bonds is 5. The molecule has 6 aliphatic rings. The van der Waals surface area contributed by atoms with Gasteiger partial charge < -0.3 is 5.32 Å². The summed E-state index contributed by atoms with van der Waals surface area (Å²) in [6, 6.07) is -0.197. The van der Waals surface area contributed by atoms with Gasteiger partial charge in [0.05, 0.1) is 6.67 Å². The van der Waals surface area contributed by atoms with Crippen LogP contribution in [0.25, 0.3) is 0 Å². The molecule has 5 aliphatic carbocycles. The molecule has 5 nitrogen and oxygen atoms in total. The normalized spacial score (nSPS) is 45.6. The van der Waals surface area contributed by atoms with Gasteiger partial charge in [0.25, 0.3) is 5.91 Å². The van der Waals surface area contributed by atoms with Gasteiger partial charge >= 0.3 is 6.03 Å². The molecular weight excluding hydrogens is 314 g/mol. The Hall–Kier alpha value is -1.10. The van der Waals surface area contributed by atoms with Gasteiger partial charge in [0, 0.05) is 6.54 Å². The van der Waals surface area contributed by atoms with Crippen LogP contribution < -0.4 is 5.32 Å². The van der Waals surface area contributed by atoms with E-state index in [2.05, 4.69) is 17.3 Å². The molecule has 0 aromatic rings. The maximum Gasteiger partial charge on any atom is 0.326 e. The third-order valence-corrected chi connectivity index (χ3v) is 7.85. The Morgan fingerprint density at radius 2 is 1.64 bits per heavy atom. The molecule has 3 amide bonds. The van der Waals surface area contributed by atoms with E-state index in [-0.39, 0.29) is 11.9 Å². The van der Waals surface area contributed by atoms with Crippen LogP contribution in [0.2, 0.25) is 0 Å². The first-order valence-corrected chi connectivity index (χ1v) is 10.2. The van der Waals surface area contributed by atoms with Gasteiger partial charge in [0.15, 0.2) is 0 Å². The Balaban J connectivity index is 1.26. The number of amides is 3. The van der Waals surface area contributed by atoms with Crippen LogP contribution in [0.15, 0.2) is 0 Å². The highest BCUT2D eigenvalue weighted by molar-refractivity contribution is 6.07. The Kier molecular flexibility index (Phi) is 3.36. The molecule has 0 spiro atoms. The average Bonchev–Trinajstić information content (AvgIpc) is 3.32. The van der Waals surface area contributed by atoms with Gasteiger partial charge in [0.1, 0.15) is 5.54 Å². The monoisotopic (exact) mass is 345 g/mol. The van der Waals surface area contributed by atoms with Crippen molar-refractivity contribution in [1.29, 1.82) is 0 Å². The van der Waals surface area contributed by atoms with Gasteiger partial charge in [-0.15, -0.1) is 0 Å². The Morgan fingerprint density at radius 1 is 1.08 bits per heavy atom. The summed E-state index contributed by atoms with van der Waals surface area (Å²) < 4.78 is 0. The van der Waals surface area contributed by atoms with Crippen LogP contribution in [0.5, 0.6) is 0 Å². The summed E-state index contributed by atoms with van der Waals surface area (Å²) in [5, 5.41) is 2.97. The molecule has 0 unspecified atom stereocenters. The number of carbonyl (C=O) groups is 2. The number of carbonyl (C=O) groups excluding carboxylic acids is 2. The molecule has 0 radical (unpaired) electrons. The Labute approximate surface area is 150 Å². The fourth-order valence-electron chi connectivity index (χ4n) is 7.13. The molecule has 1 saturated heterocycles. The van der Waals surface area contributed by atoms with Gasteiger partial charge in [-0.25, -0.2) is 9.69 Å². The van der Waals surface area contributed by atoms with Crippen molar-refractivity contribution < 1.29 is 9.59 Å². The van der Waals surface area contributed by atoms with Gasteiger partial charge in [-0.2, -0.15) is 0 Å². The molecule has 25 heavy (non-hydrogen) atoms. The third kappa shape index (κ3) is 2.53. The van der Waals surface area contributed by atoms with Gasteiger partial charge in [-0.05, 0) is 94.4 Å². The lowest BCUT2D eigenvalue weighted by molar-refractivity contribution is -0.133. The Bertz CT molecular complexity index is 579. The van der Waals surface area contributed by atoms with Crippen molar-refractivity contribution in [1.82, 2.24) is 15.1 Å². The van der Waals surface area contributed by atoms with Crippen LogP contribution in [0.3, 0.4) is 0 Å². The van der Waals surface area contributed by atoms with E-state index in [0.717, 1.165) is 37.1 Å². The van der Waals surface area contributed by atoms with Crippen LogP contribution in [-0.2, 0) is 4.79 Å². The molecule has 6 rings (SSSR count). The van der Waals surface area contributed by atoms with Crippen molar-refractivity contribution in [2.24, 2.45) is 29.1 Å². The average molecular weight is 345 g/mol. The Morgan fingerprint density at radius 3 is 2.16 bits per heavy atom. The number of urea groups is 1. The lowest BCUT2D eigenvalue weighted by Crippen LogP contribution is -2.52. The van der Waals surface area contributed by atoms with Gasteiger partial charge in [0.2, 0.25) is 0 Å². The zero-order valence-corrected chi connectivity index (χ0v) is 15.6. The highest BCUT2D eigenvalue weighted by Crippen LogP contribution is 2.60. The molecule has 1 heterocycles. The smallest absolute Gasteiger partial charge is 0.323 e. The summed E-state index contributed by atoms with van der Waals surface area (Å²) in [7, 11) is 2.09. The lowest BCUT2D eigenvalue weighted by atomic mass is 9.49. The number of nitrogens with one attached hydrogen (secondary N) is 1. The van der Waals surface area contributed by atoms with Crippen LogP contribution >= 0.6 is 0 Å². The number of hydrogen-bond acceptors (Lipinski definition) is 3. The van der Waals surface area contributed by atoms with E-state index in [0.29, 0.717) is 18.0 Å². The van der Waals surface area contributed by atoms with Crippen LogP contribution in [0.4, 0.5) is 4.79 Å². The summed E-state index contributed by atoms with van der Waals surface area (Å²) in [6.45, 7) is 3.38. The van der Waals surface area contributed by atoms with Crippen molar-refractivity contribution in [3.05, 3.63) is 0 Å². The van der Waals surface area contributed by atoms with E-state index in [1.54, 1.807) is 0 Å². The first-order chi connectivity index (χ1) is 11.9. The second-order valence-electron chi connectivity index (χ2n) is 10.2. The number of imide groups is 1. The minimum Gasteiger partial charge on any atom is -0.323 e. The maximum absolute atomic E-state index is 12.8. The zero-order valence-electron chi connectivity index (χ0n) is 15.6. The summed E-state index contributed by atoms with van der Waals surface area (Å²) >= 11 is 0. The fraction of sp³-hybridized carbons (Fsp3) is 0.900. The molecular formula is C20H31N3O2. The first kappa shape index (κ1) is 16.1. The molecule has 1 atom stereocenters. The van der Waals surface area contributed by atoms with Crippen molar-refractivity contribution >= 4 is 11.9 Å². The van der Waals surface area contributed by atoms with E-state index < -0.39 is 5.54 Å². The second-order valence-corrected chi connectivity index (χ2v) is 10.2. The summed E-state index contributed by atoms with van der Waals surface area (Å²) in [4.78, 5) is 28.9. The summed E-state index contributed by atoms with van der Waals surface area (Å²) in [5.74, 6) is 3.14. The third-order valence-electron chi connectivity index (χ3n) is 7.85. The topological polar surface area (TPSA) is 52.6 Å². The molecule has 4 bridgehead atoms. The molecule has 138 valence electrons. The lowest BCUT2D eigenvalue weighted by Gasteiger charge is -2.57. The van der Waals surface area contributed by atoms with Crippen LogP contribution in [-0.4, -0.2) is 47.5 Å². The molecule has 5 heteroatoms. The van der Waals surface area contributed by atoms with E-state index in [9.17, 15) is 9.59 Å². The van der Waals surface area contributed by atoms with Crippen molar-refractivity contribution in [3.63, 3.8) is 0 Å². The molecule has 1 aliphatic heterocycles. The van der Waals surface area contributed by atoms with E-state index >= 15 is 0 Å². The van der Waals surface area contributed by atoms with Crippen LogP contribution in [0, 0.1) is 29.1 Å². The minimum atomic E-state index is -0.654. The van der Waals surface area contributed by atoms with Crippen molar-refractivity contribution in [2.45, 2.75) is 63.8 Å². The molecule has 5 saturated carbocycles. The maximum atomic E-state index is 12.8. The first-order valence-electron chi connectivity index (χ1n) is 10.2. The number of nitrogens with zero attached hydrogens (tertiary/aromatic N) is 2. The largest absolute Gasteiger partial charge is 0.326 e. The SMILES string of the molecule is CN(CN1C(=O)N[C@](C)(C2CC2)C1=O)CC12CC3CC(CC(C3)C1)C2. The summed E-state index contributed by atoms with van der Waals surface area (Å²) in [6.07, 6.45) is 10.6. The summed E-state index contributed by atoms with van der Waals surface area (Å²) in [5.41, 5.74) is -0.207. The van der Waals surface area contributed by atoms with Crippen molar-refractivity contribution in [3.8, 4) is 0 Å². The van der Waals surface area contributed by atoms with Crippen molar-refractivity contribution in [2.75, 3.05) is 20.3 Å². The molecule has 6 fully saturated rings. The number of hydrogen-bond donors (Lipinski definition) is 1. The highest BCUT2D eigenvalue weighted by atomic mass is 16.2. The standard InChI is InChI=1S/C20H31N3O2/c1-19(16-3-4-16)17(24)23(18(25)21-19)12-22(2)11-20-8-13-5-14(9-20)7-15(6-13)10-20/h13-16H,3-12H2,1-2H3,(H,21,25)/t13?,14?,15?,19-,20?/m1/s1. The molecule has 0 aromatic heterocycles. The van der Waals surface area contributed by atoms with Gasteiger partial charge in [-0.1, -0.05) is 0 Å². The predicted molar refractivity (Wildman–Crippen MR) is 94.6 cm³/mol. The fourth-order valence-corrected chi connectivity index (χ4v) is 7.13. The minimum absolute atomic E-state index is 0.0163. The van der Waals surface area contributed by atoms with E-state index in [1.807, 2.05) is 6.92 Å². The zero-order chi connectivity index (χ0) is 17.4. The molecule has 1 N–H and O–H groups in total. The predicted octanol–water partition coefficient (Wildman–Crippen LogP) is 2.81. The molecule has 0 aromatic carbocycles. The highest BCUT2D eigenvalue weighted by Gasteiger charge is 2.56. The van der Waals surface area contributed by atoms with Crippen LogP contribution in [0.1, 0.15) is 58.3 Å².